The van der Waals surface area contributed by atoms with E-state index in [1.807, 2.05) is 30.6 Å². The van der Waals surface area contributed by atoms with Gasteiger partial charge in [0.25, 0.3) is 0 Å². The summed E-state index contributed by atoms with van der Waals surface area (Å²) < 4.78 is 2.13. The summed E-state index contributed by atoms with van der Waals surface area (Å²) in [6, 6.07) is 10.4. The van der Waals surface area contributed by atoms with Crippen LogP contribution in [0.1, 0.15) is 24.7 Å². The molecule has 0 bridgehead atoms. The van der Waals surface area contributed by atoms with Crippen LogP contribution in [0.5, 0.6) is 0 Å². The van der Waals surface area contributed by atoms with E-state index in [-0.39, 0.29) is 0 Å². The van der Waals surface area contributed by atoms with Gasteiger partial charge in [0.1, 0.15) is 5.82 Å². The van der Waals surface area contributed by atoms with E-state index in [1.54, 1.807) is 0 Å². The molecule has 0 N–H and O–H groups in total. The molecule has 0 unspecified atom stereocenters. The van der Waals surface area contributed by atoms with Gasteiger partial charge in [-0.15, -0.1) is 5.73 Å². The number of nitrogens with zero attached hydrogens (tertiary/aromatic N) is 2. The normalized spacial score (nSPS) is 10.6. The van der Waals surface area contributed by atoms with Gasteiger partial charge in [0.15, 0.2) is 0 Å². The smallest absolute Gasteiger partial charge is 0.132 e. The summed E-state index contributed by atoms with van der Waals surface area (Å²) in [4.78, 5) is 4.37. The van der Waals surface area contributed by atoms with E-state index in [1.165, 1.54) is 5.56 Å². The Morgan fingerprint density at radius 2 is 2.16 bits per heavy atom. The summed E-state index contributed by atoms with van der Waals surface area (Å²) in [6.07, 6.45) is 8.79. The molecule has 2 heteroatoms. The van der Waals surface area contributed by atoms with Crippen LogP contribution >= 0.6 is 0 Å². The maximum Gasteiger partial charge on any atom is 0.132 e. The van der Waals surface area contributed by atoms with Gasteiger partial charge in [-0.3, -0.25) is 0 Å². The predicted octanol–water partition coefficient (Wildman–Crippen LogP) is 4.07. The second kappa shape index (κ2) is 6.58. The Balaban J connectivity index is 2.16. The maximum absolute atomic E-state index is 4.37. The first kappa shape index (κ1) is 13.1. The van der Waals surface area contributed by atoms with Crippen LogP contribution in [0.3, 0.4) is 0 Å². The molecule has 0 spiro atoms. The highest BCUT2D eigenvalue weighted by Crippen LogP contribution is 2.09. The van der Waals surface area contributed by atoms with Crippen LogP contribution in [-0.2, 0) is 6.54 Å². The Bertz CT molecular complexity index is 599. The molecule has 0 radical (unpaired) electrons. The molecule has 1 aromatic carbocycles. The highest BCUT2D eigenvalue weighted by Gasteiger charge is 2.00. The summed E-state index contributed by atoms with van der Waals surface area (Å²) in [5, 5.41) is 0. The monoisotopic (exact) mass is 250 g/mol. The van der Waals surface area contributed by atoms with E-state index in [0.29, 0.717) is 0 Å². The predicted molar refractivity (Wildman–Crippen MR) is 79.7 cm³/mol. The van der Waals surface area contributed by atoms with Crippen molar-refractivity contribution < 1.29 is 0 Å². The molecular weight excluding hydrogens is 232 g/mol. The Kier molecular flexibility index (Phi) is 4.54. The number of aromatic nitrogens is 2. The Morgan fingerprint density at radius 3 is 2.84 bits per heavy atom. The molecule has 2 rings (SSSR count). The zero-order valence-electron chi connectivity index (χ0n) is 11.2. The van der Waals surface area contributed by atoms with E-state index in [9.17, 15) is 0 Å². The van der Waals surface area contributed by atoms with Crippen molar-refractivity contribution in [2.24, 2.45) is 0 Å². The van der Waals surface area contributed by atoms with E-state index >= 15 is 0 Å². The zero-order valence-corrected chi connectivity index (χ0v) is 11.2. The average Bonchev–Trinajstić information content (AvgIpc) is 2.88. The van der Waals surface area contributed by atoms with Gasteiger partial charge in [-0.1, -0.05) is 43.8 Å². The number of hydrogen-bond acceptors (Lipinski definition) is 1. The first-order valence-electron chi connectivity index (χ1n) is 6.45. The fourth-order valence-electron chi connectivity index (χ4n) is 1.87. The molecule has 1 aromatic heterocycles. The third-order valence-electron chi connectivity index (χ3n) is 2.98. The number of benzene rings is 1. The highest BCUT2D eigenvalue weighted by atomic mass is 15.0. The third-order valence-corrected chi connectivity index (χ3v) is 2.98. The van der Waals surface area contributed by atoms with E-state index in [0.717, 1.165) is 24.4 Å². The largest absolute Gasteiger partial charge is 0.327 e. The van der Waals surface area contributed by atoms with Gasteiger partial charge in [-0.2, -0.15) is 0 Å². The Hall–Kier alpha value is -2.31. The van der Waals surface area contributed by atoms with Gasteiger partial charge in [0, 0.05) is 18.9 Å². The average molecular weight is 250 g/mol. The molecule has 0 atom stereocenters. The Labute approximate surface area is 114 Å². The summed E-state index contributed by atoms with van der Waals surface area (Å²) >= 11 is 0. The van der Waals surface area contributed by atoms with Crippen molar-refractivity contribution in [2.45, 2.75) is 19.9 Å². The topological polar surface area (TPSA) is 17.8 Å². The van der Waals surface area contributed by atoms with Crippen LogP contribution in [0.4, 0.5) is 0 Å². The fraction of sp³-hybridized carbons (Fsp3) is 0.176. The lowest BCUT2D eigenvalue weighted by Crippen LogP contribution is -2.00. The van der Waals surface area contributed by atoms with Gasteiger partial charge in [0.2, 0.25) is 0 Å². The molecule has 0 saturated carbocycles. The Morgan fingerprint density at radius 1 is 1.37 bits per heavy atom. The lowest BCUT2D eigenvalue weighted by atomic mass is 10.2. The molecule has 19 heavy (non-hydrogen) atoms. The van der Waals surface area contributed by atoms with Crippen molar-refractivity contribution in [3.63, 3.8) is 0 Å². The van der Waals surface area contributed by atoms with E-state index in [4.69, 9.17) is 0 Å². The van der Waals surface area contributed by atoms with Gasteiger partial charge < -0.3 is 4.57 Å². The van der Waals surface area contributed by atoms with E-state index < -0.39 is 0 Å². The zero-order chi connectivity index (χ0) is 13.5. The molecule has 2 aromatic rings. The molecule has 0 aliphatic heterocycles. The van der Waals surface area contributed by atoms with Crippen molar-refractivity contribution in [3.8, 4) is 0 Å². The first-order chi connectivity index (χ1) is 9.33. The second-order valence-corrected chi connectivity index (χ2v) is 4.29. The molecule has 0 fully saturated rings. The lowest BCUT2D eigenvalue weighted by Gasteiger charge is -2.05. The van der Waals surface area contributed by atoms with Crippen LogP contribution in [-0.4, -0.2) is 9.55 Å². The molecule has 0 saturated heterocycles. The van der Waals surface area contributed by atoms with E-state index in [2.05, 4.69) is 53.1 Å². The van der Waals surface area contributed by atoms with Crippen LogP contribution in [0.2, 0.25) is 0 Å². The SMILES string of the molecule is C=C=C(C=Cc1nccn1Cc1ccccc1)CC. The molecule has 2 nitrogen and oxygen atoms in total. The van der Waals surface area contributed by atoms with Crippen molar-refractivity contribution in [2.75, 3.05) is 0 Å². The van der Waals surface area contributed by atoms with Gasteiger partial charge in [0.05, 0.1) is 0 Å². The van der Waals surface area contributed by atoms with Crippen molar-refractivity contribution in [3.05, 3.63) is 78.1 Å². The van der Waals surface area contributed by atoms with Gasteiger partial charge in [-0.25, -0.2) is 4.98 Å². The molecule has 0 aliphatic rings. The summed E-state index contributed by atoms with van der Waals surface area (Å²) in [5.41, 5.74) is 5.29. The fourth-order valence-corrected chi connectivity index (χ4v) is 1.87. The molecule has 96 valence electrons. The van der Waals surface area contributed by atoms with Gasteiger partial charge >= 0.3 is 0 Å². The standard InChI is InChI=1S/C17H18N2/c1-3-15(4-2)10-11-17-18-12-13-19(17)14-16-8-6-5-7-9-16/h5-13H,1,4,14H2,2H3. The summed E-state index contributed by atoms with van der Waals surface area (Å²) in [5.74, 6) is 0.949. The lowest BCUT2D eigenvalue weighted by molar-refractivity contribution is 0.787. The quantitative estimate of drug-likeness (QED) is 0.578. The molecule has 0 aliphatic carbocycles. The maximum atomic E-state index is 4.37. The highest BCUT2D eigenvalue weighted by molar-refractivity contribution is 5.46. The first-order valence-corrected chi connectivity index (χ1v) is 6.45. The minimum Gasteiger partial charge on any atom is -0.327 e. The number of rotatable bonds is 5. The van der Waals surface area contributed by atoms with Crippen molar-refractivity contribution >= 4 is 6.08 Å². The van der Waals surface area contributed by atoms with Crippen molar-refractivity contribution in [1.82, 2.24) is 9.55 Å². The minimum atomic E-state index is 0.833. The van der Waals surface area contributed by atoms with Crippen LogP contribution < -0.4 is 0 Å². The van der Waals surface area contributed by atoms with Gasteiger partial charge in [-0.05, 0) is 29.7 Å². The number of imidazole rings is 1. The van der Waals surface area contributed by atoms with Crippen molar-refractivity contribution in [1.29, 1.82) is 0 Å². The molecular formula is C17H18N2. The minimum absolute atomic E-state index is 0.833. The summed E-state index contributed by atoms with van der Waals surface area (Å²) in [6.45, 7) is 6.61. The second-order valence-electron chi connectivity index (χ2n) is 4.29. The third kappa shape index (κ3) is 3.57. The number of hydrogen-bond donors (Lipinski definition) is 0. The molecule has 0 amide bonds. The van der Waals surface area contributed by atoms with Crippen LogP contribution in [0.25, 0.3) is 6.08 Å². The van der Waals surface area contributed by atoms with Crippen LogP contribution in [0.15, 0.2) is 66.7 Å². The molecule has 1 heterocycles. The summed E-state index contributed by atoms with van der Waals surface area (Å²) in [7, 11) is 0. The number of allylic oxidation sites excluding steroid dienone is 2. The van der Waals surface area contributed by atoms with Crippen LogP contribution in [0, 0.1) is 0 Å².